The summed E-state index contributed by atoms with van der Waals surface area (Å²) in [5.41, 5.74) is 1.31. The van der Waals surface area contributed by atoms with Crippen LogP contribution in [-0.4, -0.2) is 22.9 Å². The smallest absolute Gasteiger partial charge is 1.00 e. The van der Waals surface area contributed by atoms with Crippen LogP contribution in [0.25, 0.3) is 0 Å². The Morgan fingerprint density at radius 3 is 1.16 bits per heavy atom. The van der Waals surface area contributed by atoms with E-state index in [1.165, 1.54) is 13.6 Å². The predicted molar refractivity (Wildman–Crippen MR) is 124 cm³/mol. The molecule has 4 nitrogen and oxygen atoms in total. The van der Waals surface area contributed by atoms with Crippen LogP contribution in [0, 0.1) is 8.03 Å². The number of aromatic nitrogens is 4. The van der Waals surface area contributed by atoms with Crippen molar-refractivity contribution >= 4 is 4.61 Å². The van der Waals surface area contributed by atoms with Crippen molar-refractivity contribution in [3.05, 3.63) is 68.7 Å². The summed E-state index contributed by atoms with van der Waals surface area (Å²) in [7, 11) is 0. The molecule has 0 aliphatic heterocycles. The Bertz CT molecular complexity index is 1090. The molecule has 0 spiro atoms. The van der Waals surface area contributed by atoms with Crippen molar-refractivity contribution in [2.45, 2.75) is 79.6 Å². The first-order valence-corrected chi connectivity index (χ1v) is 13.7. The van der Waals surface area contributed by atoms with Gasteiger partial charge in [0.15, 0.2) is 0 Å². The van der Waals surface area contributed by atoms with Crippen LogP contribution in [0.2, 0.25) is 0 Å². The molecule has 0 amide bonds. The average molecular weight is 567 g/mol. The van der Waals surface area contributed by atoms with Crippen LogP contribution in [0.1, 0.15) is 85.1 Å². The van der Waals surface area contributed by atoms with Crippen LogP contribution < -0.4 is 24.8 Å². The molecule has 7 heteroatoms. The SMILES string of the molecule is CC(C)n1ccn(C(C)C)[c]1=[Ru+2](=[CH]c1ccccc1)=[c]1n(C(C)C)ccn1C(C)C.[Cl-].[Cl-]. The average Bonchev–Trinajstić information content (AvgIpc) is 3.32. The monoisotopic (exact) mass is 566 g/mol. The molecule has 0 unspecified atom stereocenters. The largest absolute Gasteiger partial charge is 1.00 e. The third-order valence-electron chi connectivity index (χ3n) is 5.19. The molecule has 180 valence electrons. The van der Waals surface area contributed by atoms with Gasteiger partial charge in [0.05, 0.1) is 0 Å². The van der Waals surface area contributed by atoms with Crippen LogP contribution in [0.3, 0.4) is 0 Å². The summed E-state index contributed by atoms with van der Waals surface area (Å²) in [5, 5.41) is 0. The fourth-order valence-electron chi connectivity index (χ4n) is 3.50. The molecule has 0 bridgehead atoms. The van der Waals surface area contributed by atoms with Crippen molar-refractivity contribution < 1.29 is 39.4 Å². The number of rotatable bonds is 5. The first-order valence-electron chi connectivity index (χ1n) is 11.0. The number of hydrogen-bond acceptors (Lipinski definition) is 0. The second-order valence-electron chi connectivity index (χ2n) is 8.92. The maximum Gasteiger partial charge on any atom is -1.00 e. The van der Waals surface area contributed by atoms with Crippen molar-refractivity contribution in [1.82, 2.24) is 18.3 Å². The van der Waals surface area contributed by atoms with Gasteiger partial charge in [-0.1, -0.05) is 0 Å². The molecule has 3 aromatic rings. The Labute approximate surface area is 209 Å². The van der Waals surface area contributed by atoms with Crippen LogP contribution in [0.4, 0.5) is 0 Å². The van der Waals surface area contributed by atoms with E-state index in [-0.39, 0.29) is 24.8 Å². The molecule has 0 aliphatic carbocycles. The van der Waals surface area contributed by atoms with Gasteiger partial charge in [-0.05, 0) is 0 Å². The molecule has 3 rings (SSSR count). The number of imidazole rings is 2. The summed E-state index contributed by atoms with van der Waals surface area (Å²) >= 11 is -1.79. The zero-order valence-corrected chi connectivity index (χ0v) is 23.7. The summed E-state index contributed by atoms with van der Waals surface area (Å²) in [6.45, 7) is 18.3. The molecule has 0 saturated heterocycles. The van der Waals surface area contributed by atoms with E-state index in [1.54, 1.807) is 0 Å². The van der Waals surface area contributed by atoms with E-state index in [1.807, 2.05) is 0 Å². The summed E-state index contributed by atoms with van der Waals surface area (Å²) < 4.78 is 15.5. The van der Waals surface area contributed by atoms with Gasteiger partial charge in [-0.3, -0.25) is 0 Å². The Morgan fingerprint density at radius 1 is 0.562 bits per heavy atom. The molecule has 2 aromatic heterocycles. The summed E-state index contributed by atoms with van der Waals surface area (Å²) in [6, 6.07) is 12.6. The number of halogens is 2. The van der Waals surface area contributed by atoms with E-state index in [4.69, 9.17) is 0 Å². The van der Waals surface area contributed by atoms with Gasteiger partial charge < -0.3 is 24.8 Å². The summed E-state index contributed by atoms with van der Waals surface area (Å²) in [5.74, 6) is 0. The molecule has 2 heterocycles. The van der Waals surface area contributed by atoms with Gasteiger partial charge in [-0.15, -0.1) is 0 Å². The van der Waals surface area contributed by atoms with Crippen LogP contribution >= 0.6 is 0 Å². The van der Waals surface area contributed by atoms with Gasteiger partial charge in [0.2, 0.25) is 0 Å². The van der Waals surface area contributed by atoms with Gasteiger partial charge in [-0.25, -0.2) is 0 Å². The predicted octanol–water partition coefficient (Wildman–Crippen LogP) is 0.457. The molecule has 32 heavy (non-hydrogen) atoms. The normalized spacial score (nSPS) is 11.1. The maximum atomic E-state index is 2.57. The van der Waals surface area contributed by atoms with Gasteiger partial charge in [0, 0.05) is 0 Å². The molecule has 0 fully saturated rings. The molecular formula is C25H38Cl2N4Ru. The zero-order chi connectivity index (χ0) is 22.0. The van der Waals surface area contributed by atoms with Crippen molar-refractivity contribution in [1.29, 1.82) is 0 Å². The Balaban J connectivity index is 0.00000256. The van der Waals surface area contributed by atoms with Crippen molar-refractivity contribution in [2.75, 3.05) is 0 Å². The van der Waals surface area contributed by atoms with Crippen molar-refractivity contribution in [2.24, 2.45) is 0 Å². The van der Waals surface area contributed by atoms with E-state index < -0.39 is 14.6 Å². The topological polar surface area (TPSA) is 19.7 Å². The number of benzene rings is 1. The Kier molecular flexibility index (Phi) is 11.0. The minimum Gasteiger partial charge on any atom is -1.00 e. The maximum absolute atomic E-state index is 2.57. The zero-order valence-electron chi connectivity index (χ0n) is 20.5. The summed E-state index contributed by atoms with van der Waals surface area (Å²) in [6.07, 6.45) is 9.12. The Hall–Kier alpha value is -1.29. The van der Waals surface area contributed by atoms with Gasteiger partial charge in [0.1, 0.15) is 0 Å². The van der Waals surface area contributed by atoms with Crippen LogP contribution in [0.5, 0.6) is 0 Å². The fraction of sp³-hybridized carbons (Fsp3) is 0.480. The molecule has 0 radical (unpaired) electrons. The minimum absolute atomic E-state index is 0. The van der Waals surface area contributed by atoms with Crippen molar-refractivity contribution in [3.63, 3.8) is 0 Å². The van der Waals surface area contributed by atoms with E-state index >= 15 is 0 Å². The van der Waals surface area contributed by atoms with E-state index in [2.05, 4.69) is 133 Å². The fourth-order valence-corrected chi connectivity index (χ4v) is 9.46. The molecule has 0 N–H and O–H groups in total. The Morgan fingerprint density at radius 2 is 0.875 bits per heavy atom. The molecule has 1 aromatic carbocycles. The van der Waals surface area contributed by atoms with Gasteiger partial charge >= 0.3 is 186 Å². The third-order valence-corrected chi connectivity index (χ3v) is 9.74. The number of hydrogen-bond donors (Lipinski definition) is 0. The second-order valence-corrected chi connectivity index (χ2v) is 12.4. The number of nitrogens with zero attached hydrogens (tertiary/aromatic N) is 4. The van der Waals surface area contributed by atoms with Gasteiger partial charge in [0.25, 0.3) is 0 Å². The van der Waals surface area contributed by atoms with Crippen molar-refractivity contribution in [3.8, 4) is 0 Å². The molecule has 0 aliphatic rings. The van der Waals surface area contributed by atoms with Crippen LogP contribution in [-0.2, 0) is 14.6 Å². The first kappa shape index (κ1) is 28.7. The summed E-state index contributed by atoms with van der Waals surface area (Å²) in [4.78, 5) is 0. The minimum atomic E-state index is -1.79. The molecular weight excluding hydrogens is 528 g/mol. The standard InChI is InChI=1S/2C9H16N2.C7H6.2ClH.Ru/c2*1-8(2)10-5-6-11(7-10)9(3)4;1-7-5-3-2-4-6-7;;;/h2*5-6,8-9H,1-4H3;1-6H;2*1H;/q;;;;;+2/p-2. The molecule has 0 saturated carbocycles. The van der Waals surface area contributed by atoms with Gasteiger partial charge in [-0.2, -0.15) is 0 Å². The van der Waals surface area contributed by atoms with E-state index in [0.717, 1.165) is 0 Å². The molecule has 0 atom stereocenters. The second kappa shape index (κ2) is 12.3. The quantitative estimate of drug-likeness (QED) is 0.400. The third kappa shape index (κ3) is 5.98. The first-order chi connectivity index (χ1) is 14.2. The van der Waals surface area contributed by atoms with Crippen LogP contribution in [0.15, 0.2) is 55.1 Å². The van der Waals surface area contributed by atoms with E-state index in [0.29, 0.717) is 24.2 Å². The van der Waals surface area contributed by atoms with E-state index in [9.17, 15) is 0 Å².